The molecular weight excluding hydrogens is 245 g/mol. The Morgan fingerprint density at radius 2 is 2.16 bits per heavy atom. The first kappa shape index (κ1) is 13.0. The van der Waals surface area contributed by atoms with E-state index in [-0.39, 0.29) is 18.1 Å². The Labute approximate surface area is 110 Å². The number of aryl methyl sites for hydroxylation is 1. The normalized spacial score (nSPS) is 10.8. The molecule has 0 bridgehead atoms. The molecule has 0 unspecified atom stereocenters. The van der Waals surface area contributed by atoms with Crippen LogP contribution in [0.5, 0.6) is 0 Å². The number of hydrazone groups is 1. The Morgan fingerprint density at radius 3 is 2.84 bits per heavy atom. The zero-order valence-electron chi connectivity index (χ0n) is 10.5. The third-order valence-corrected chi connectivity index (χ3v) is 2.69. The first-order valence-corrected chi connectivity index (χ1v) is 5.83. The second-order valence-corrected chi connectivity index (χ2v) is 4.10. The van der Waals surface area contributed by atoms with Crippen molar-refractivity contribution in [3.63, 3.8) is 0 Å². The van der Waals surface area contributed by atoms with Gasteiger partial charge < -0.3 is 4.57 Å². The van der Waals surface area contributed by atoms with Crippen molar-refractivity contribution in [2.75, 3.05) is 0 Å². The summed E-state index contributed by atoms with van der Waals surface area (Å²) in [6.07, 6.45) is 3.39. The molecule has 0 aliphatic carbocycles. The van der Waals surface area contributed by atoms with Crippen molar-refractivity contribution >= 4 is 12.1 Å². The fourth-order valence-electron chi connectivity index (χ4n) is 1.64. The molecule has 1 aromatic heterocycles. The molecule has 98 valence electrons. The van der Waals surface area contributed by atoms with Crippen molar-refractivity contribution in [3.05, 3.63) is 59.7 Å². The molecule has 1 aromatic carbocycles. The van der Waals surface area contributed by atoms with Gasteiger partial charge in [0.1, 0.15) is 5.82 Å². The molecule has 0 saturated heterocycles. The summed E-state index contributed by atoms with van der Waals surface area (Å²) in [4.78, 5) is 11.6. The number of nitrogens with zero attached hydrogens (tertiary/aromatic N) is 2. The van der Waals surface area contributed by atoms with Crippen molar-refractivity contribution in [1.29, 1.82) is 0 Å². The topological polar surface area (TPSA) is 46.4 Å². The van der Waals surface area contributed by atoms with E-state index < -0.39 is 0 Å². The smallest absolute Gasteiger partial charge is 0.245 e. The summed E-state index contributed by atoms with van der Waals surface area (Å²) in [6, 6.07) is 9.96. The van der Waals surface area contributed by atoms with Gasteiger partial charge in [-0.05, 0) is 18.2 Å². The summed E-state index contributed by atoms with van der Waals surface area (Å²) in [7, 11) is 1.87. The van der Waals surface area contributed by atoms with Gasteiger partial charge in [0.15, 0.2) is 0 Å². The van der Waals surface area contributed by atoms with Gasteiger partial charge in [0.2, 0.25) is 5.91 Å². The van der Waals surface area contributed by atoms with Gasteiger partial charge in [0.05, 0.1) is 12.6 Å². The second kappa shape index (κ2) is 5.95. The number of carbonyl (C=O) groups excluding carboxylic acids is 1. The van der Waals surface area contributed by atoms with Gasteiger partial charge in [-0.2, -0.15) is 5.10 Å². The highest BCUT2D eigenvalue weighted by Crippen LogP contribution is 2.03. The predicted octanol–water partition coefficient (Wildman–Crippen LogP) is 1.86. The third kappa shape index (κ3) is 3.51. The molecule has 5 heteroatoms. The van der Waals surface area contributed by atoms with E-state index in [1.165, 1.54) is 12.3 Å². The lowest BCUT2D eigenvalue weighted by atomic mass is 10.2. The van der Waals surface area contributed by atoms with Crippen LogP contribution >= 0.6 is 0 Å². The Bertz CT molecular complexity index is 604. The van der Waals surface area contributed by atoms with E-state index in [4.69, 9.17) is 0 Å². The Balaban J connectivity index is 1.91. The number of carbonyl (C=O) groups is 1. The van der Waals surface area contributed by atoms with Crippen LogP contribution in [0.1, 0.15) is 11.3 Å². The first-order valence-electron chi connectivity index (χ1n) is 5.83. The molecule has 4 nitrogen and oxygen atoms in total. The summed E-state index contributed by atoms with van der Waals surface area (Å²) in [6.45, 7) is 0. The van der Waals surface area contributed by atoms with Crippen LogP contribution in [0.15, 0.2) is 47.7 Å². The lowest BCUT2D eigenvalue weighted by Crippen LogP contribution is -2.20. The number of amides is 1. The SMILES string of the molecule is Cn1cccc1CC(=O)N/N=C/c1ccccc1F. The Morgan fingerprint density at radius 1 is 1.37 bits per heavy atom. The zero-order valence-corrected chi connectivity index (χ0v) is 10.5. The van der Waals surface area contributed by atoms with Crippen LogP contribution in [0.3, 0.4) is 0 Å². The van der Waals surface area contributed by atoms with Crippen LogP contribution in [0.2, 0.25) is 0 Å². The van der Waals surface area contributed by atoms with Crippen LogP contribution in [0, 0.1) is 5.82 Å². The van der Waals surface area contributed by atoms with Gasteiger partial charge in [-0.3, -0.25) is 4.79 Å². The van der Waals surface area contributed by atoms with Gasteiger partial charge >= 0.3 is 0 Å². The highest BCUT2D eigenvalue weighted by molar-refractivity contribution is 5.83. The summed E-state index contributed by atoms with van der Waals surface area (Å²) in [5.74, 6) is -0.614. The number of hydrogen-bond donors (Lipinski definition) is 1. The second-order valence-electron chi connectivity index (χ2n) is 4.10. The molecule has 2 rings (SSSR count). The predicted molar refractivity (Wildman–Crippen MR) is 71.3 cm³/mol. The molecule has 0 saturated carbocycles. The summed E-state index contributed by atoms with van der Waals surface area (Å²) in [5, 5.41) is 3.74. The highest BCUT2D eigenvalue weighted by Gasteiger charge is 2.04. The van der Waals surface area contributed by atoms with Crippen molar-refractivity contribution in [1.82, 2.24) is 9.99 Å². The summed E-state index contributed by atoms with van der Waals surface area (Å²) < 4.78 is 15.1. The Kier molecular flexibility index (Phi) is 4.07. The van der Waals surface area contributed by atoms with E-state index in [2.05, 4.69) is 10.5 Å². The van der Waals surface area contributed by atoms with Crippen molar-refractivity contribution < 1.29 is 9.18 Å². The maximum absolute atomic E-state index is 13.3. The summed E-state index contributed by atoms with van der Waals surface area (Å²) >= 11 is 0. The molecule has 2 aromatic rings. The third-order valence-electron chi connectivity index (χ3n) is 2.69. The first-order chi connectivity index (χ1) is 9.16. The largest absolute Gasteiger partial charge is 0.354 e. The maximum Gasteiger partial charge on any atom is 0.245 e. The lowest BCUT2D eigenvalue weighted by Gasteiger charge is -2.02. The molecule has 0 aliphatic rings. The van der Waals surface area contributed by atoms with Crippen LogP contribution in [-0.2, 0) is 18.3 Å². The molecular formula is C14H14FN3O. The molecule has 0 aliphatic heterocycles. The summed E-state index contributed by atoms with van der Waals surface area (Å²) in [5.41, 5.74) is 3.60. The van der Waals surface area contributed by atoms with E-state index >= 15 is 0 Å². The van der Waals surface area contributed by atoms with Gasteiger partial charge in [-0.15, -0.1) is 0 Å². The van der Waals surface area contributed by atoms with Gasteiger partial charge in [0.25, 0.3) is 0 Å². The number of rotatable bonds is 4. The quantitative estimate of drug-likeness (QED) is 0.661. The van der Waals surface area contributed by atoms with Crippen LogP contribution in [-0.4, -0.2) is 16.7 Å². The molecule has 0 atom stereocenters. The maximum atomic E-state index is 13.3. The van der Waals surface area contributed by atoms with Gasteiger partial charge in [0, 0.05) is 24.5 Å². The number of benzene rings is 1. The van der Waals surface area contributed by atoms with Crippen molar-refractivity contribution in [2.24, 2.45) is 12.1 Å². The lowest BCUT2D eigenvalue weighted by molar-refractivity contribution is -0.120. The number of hydrogen-bond acceptors (Lipinski definition) is 2. The van der Waals surface area contributed by atoms with E-state index in [1.807, 2.05) is 29.9 Å². The molecule has 0 radical (unpaired) electrons. The van der Waals surface area contributed by atoms with Crippen LogP contribution < -0.4 is 5.43 Å². The molecule has 19 heavy (non-hydrogen) atoms. The molecule has 0 fully saturated rings. The minimum atomic E-state index is -0.372. The molecule has 1 heterocycles. The number of nitrogens with one attached hydrogen (secondary N) is 1. The molecule has 1 N–H and O–H groups in total. The monoisotopic (exact) mass is 259 g/mol. The van der Waals surface area contributed by atoms with Gasteiger partial charge in [-0.25, -0.2) is 9.82 Å². The molecule has 0 spiro atoms. The van der Waals surface area contributed by atoms with Crippen LogP contribution in [0.4, 0.5) is 4.39 Å². The number of halogens is 1. The average Bonchev–Trinajstić information content (AvgIpc) is 2.77. The minimum absolute atomic E-state index is 0.234. The van der Waals surface area contributed by atoms with Crippen molar-refractivity contribution in [2.45, 2.75) is 6.42 Å². The van der Waals surface area contributed by atoms with E-state index in [9.17, 15) is 9.18 Å². The zero-order chi connectivity index (χ0) is 13.7. The van der Waals surface area contributed by atoms with E-state index in [1.54, 1.807) is 18.2 Å². The van der Waals surface area contributed by atoms with Crippen molar-refractivity contribution in [3.8, 4) is 0 Å². The Hall–Kier alpha value is -2.43. The number of aromatic nitrogens is 1. The van der Waals surface area contributed by atoms with Gasteiger partial charge in [-0.1, -0.05) is 18.2 Å². The van der Waals surface area contributed by atoms with E-state index in [0.29, 0.717) is 5.56 Å². The minimum Gasteiger partial charge on any atom is -0.354 e. The van der Waals surface area contributed by atoms with Crippen LogP contribution in [0.25, 0.3) is 0 Å². The molecule has 1 amide bonds. The fraction of sp³-hybridized carbons (Fsp3) is 0.143. The van der Waals surface area contributed by atoms with E-state index in [0.717, 1.165) is 5.69 Å². The highest BCUT2D eigenvalue weighted by atomic mass is 19.1. The fourth-order valence-corrected chi connectivity index (χ4v) is 1.64. The average molecular weight is 259 g/mol. The standard InChI is InChI=1S/C14H14FN3O/c1-18-8-4-6-12(18)9-14(19)17-16-10-11-5-2-3-7-13(11)15/h2-8,10H,9H2,1H3,(H,17,19)/b16-10+.